The van der Waals surface area contributed by atoms with Crippen LogP contribution in [-0.4, -0.2) is 16.7 Å². The van der Waals surface area contributed by atoms with Crippen LogP contribution in [0.4, 0.5) is 11.6 Å². The second-order valence-corrected chi connectivity index (χ2v) is 7.87. The van der Waals surface area contributed by atoms with Crippen LogP contribution in [-0.2, 0) is 30.7 Å². The molecule has 1 aliphatic carbocycles. The van der Waals surface area contributed by atoms with Gasteiger partial charge in [-0.1, -0.05) is 18.2 Å². The van der Waals surface area contributed by atoms with Gasteiger partial charge in [-0.2, -0.15) is 0 Å². The lowest BCUT2D eigenvalue weighted by atomic mass is 9.97. The van der Waals surface area contributed by atoms with Gasteiger partial charge in [-0.15, -0.1) is 17.9 Å². The Morgan fingerprint density at radius 1 is 1.37 bits per heavy atom. The van der Waals surface area contributed by atoms with E-state index in [4.69, 9.17) is 9.72 Å². The lowest BCUT2D eigenvalue weighted by molar-refractivity contribution is 0.185. The molecule has 27 heavy (non-hydrogen) atoms. The lowest BCUT2D eigenvalue weighted by Gasteiger charge is -2.14. The second kappa shape index (κ2) is 7.66. The van der Waals surface area contributed by atoms with Crippen LogP contribution in [0.1, 0.15) is 28.8 Å². The summed E-state index contributed by atoms with van der Waals surface area (Å²) in [7, 11) is 1.68. The van der Waals surface area contributed by atoms with E-state index in [0.29, 0.717) is 19.1 Å². The first kappa shape index (κ1) is 17.9. The van der Waals surface area contributed by atoms with Crippen molar-refractivity contribution in [3.05, 3.63) is 63.3 Å². The van der Waals surface area contributed by atoms with Gasteiger partial charge in [0, 0.05) is 24.2 Å². The molecule has 2 heterocycles. The Labute approximate surface area is 162 Å². The Hall–Kier alpha value is -2.44. The molecule has 1 aliphatic rings. The van der Waals surface area contributed by atoms with E-state index < -0.39 is 0 Å². The van der Waals surface area contributed by atoms with E-state index in [1.54, 1.807) is 29.1 Å². The summed E-state index contributed by atoms with van der Waals surface area (Å²) in [6, 6.07) is 7.95. The number of methoxy groups -OCH3 is 1. The molecule has 0 saturated heterocycles. The minimum absolute atomic E-state index is 0.0230. The second-order valence-electron chi connectivity index (χ2n) is 6.79. The smallest absolute Gasteiger partial charge is 0.264 e. The third-order valence-corrected chi connectivity index (χ3v) is 6.07. The predicted molar refractivity (Wildman–Crippen MR) is 111 cm³/mol. The summed E-state index contributed by atoms with van der Waals surface area (Å²) < 4.78 is 6.89. The van der Waals surface area contributed by atoms with E-state index in [1.807, 2.05) is 24.3 Å². The maximum Gasteiger partial charge on any atom is 0.264 e. The van der Waals surface area contributed by atoms with Gasteiger partial charge >= 0.3 is 0 Å². The average molecular weight is 382 g/mol. The maximum atomic E-state index is 13.3. The molecule has 0 radical (unpaired) electrons. The standard InChI is InChI=1S/C21H23N3O2S/c1-3-11-24-20(25)18-16-9-4-5-10-17(16)27-19(18)23-21(24)22-15-8-6-7-14(12-15)13-26-2/h3,6-8,12H,1,4-5,9-11,13H2,2H3,(H,22,23). The molecule has 0 fully saturated rings. The molecule has 0 spiro atoms. The molecule has 140 valence electrons. The fourth-order valence-corrected chi connectivity index (χ4v) is 4.92. The number of nitrogens with zero attached hydrogens (tertiary/aromatic N) is 2. The van der Waals surface area contributed by atoms with E-state index in [1.165, 1.54) is 16.9 Å². The van der Waals surface area contributed by atoms with Gasteiger partial charge in [0.05, 0.1) is 12.0 Å². The molecule has 3 aromatic rings. The van der Waals surface area contributed by atoms with Crippen LogP contribution in [0.15, 0.2) is 41.7 Å². The van der Waals surface area contributed by atoms with E-state index in [2.05, 4.69) is 11.9 Å². The largest absolute Gasteiger partial charge is 0.380 e. The van der Waals surface area contributed by atoms with Gasteiger partial charge in [-0.25, -0.2) is 4.98 Å². The first-order chi connectivity index (χ1) is 13.2. The van der Waals surface area contributed by atoms with Gasteiger partial charge in [0.1, 0.15) is 4.83 Å². The third kappa shape index (κ3) is 3.42. The lowest BCUT2D eigenvalue weighted by Crippen LogP contribution is -2.24. The van der Waals surface area contributed by atoms with Gasteiger partial charge in [-0.3, -0.25) is 9.36 Å². The summed E-state index contributed by atoms with van der Waals surface area (Å²) >= 11 is 1.67. The topological polar surface area (TPSA) is 56.1 Å². The van der Waals surface area contributed by atoms with Crippen LogP contribution in [0, 0.1) is 0 Å². The van der Waals surface area contributed by atoms with Gasteiger partial charge < -0.3 is 10.1 Å². The molecule has 0 unspecified atom stereocenters. The van der Waals surface area contributed by atoms with Crippen molar-refractivity contribution in [3.8, 4) is 0 Å². The molecular weight excluding hydrogens is 358 g/mol. The number of ether oxygens (including phenoxy) is 1. The quantitative estimate of drug-likeness (QED) is 0.643. The van der Waals surface area contributed by atoms with Crippen molar-refractivity contribution >= 4 is 33.2 Å². The molecule has 0 atom stereocenters. The monoisotopic (exact) mass is 381 g/mol. The van der Waals surface area contributed by atoms with Crippen molar-refractivity contribution < 1.29 is 4.74 Å². The van der Waals surface area contributed by atoms with Crippen molar-refractivity contribution in [2.24, 2.45) is 0 Å². The number of aryl methyl sites for hydroxylation is 2. The molecule has 5 nitrogen and oxygen atoms in total. The zero-order chi connectivity index (χ0) is 18.8. The first-order valence-electron chi connectivity index (χ1n) is 9.22. The molecule has 0 amide bonds. The van der Waals surface area contributed by atoms with Crippen molar-refractivity contribution in [3.63, 3.8) is 0 Å². The van der Waals surface area contributed by atoms with Crippen molar-refractivity contribution in [2.45, 2.75) is 38.8 Å². The van der Waals surface area contributed by atoms with Gasteiger partial charge in [0.25, 0.3) is 5.56 Å². The van der Waals surface area contributed by atoms with E-state index >= 15 is 0 Å². The normalized spacial score (nSPS) is 13.5. The first-order valence-corrected chi connectivity index (χ1v) is 10.0. The van der Waals surface area contributed by atoms with Gasteiger partial charge in [-0.05, 0) is 48.9 Å². The number of aromatic nitrogens is 2. The molecule has 6 heteroatoms. The van der Waals surface area contributed by atoms with E-state index in [0.717, 1.165) is 40.7 Å². The number of rotatable bonds is 6. The zero-order valence-electron chi connectivity index (χ0n) is 15.5. The summed E-state index contributed by atoms with van der Waals surface area (Å²) in [6.07, 6.45) is 6.11. The molecule has 4 rings (SSSR count). The maximum absolute atomic E-state index is 13.3. The van der Waals surface area contributed by atoms with Gasteiger partial charge in [0.2, 0.25) is 5.95 Å². The van der Waals surface area contributed by atoms with E-state index in [-0.39, 0.29) is 5.56 Å². The Morgan fingerprint density at radius 2 is 2.22 bits per heavy atom. The number of hydrogen-bond acceptors (Lipinski definition) is 5. The third-order valence-electron chi connectivity index (χ3n) is 4.88. The molecule has 0 aliphatic heterocycles. The summed E-state index contributed by atoms with van der Waals surface area (Å²) in [5.41, 5.74) is 3.18. The molecule has 1 N–H and O–H groups in total. The van der Waals surface area contributed by atoms with Crippen LogP contribution < -0.4 is 10.9 Å². The van der Waals surface area contributed by atoms with Crippen molar-refractivity contribution in [1.29, 1.82) is 0 Å². The number of allylic oxidation sites excluding steroid dienone is 1. The number of nitrogens with one attached hydrogen (secondary N) is 1. The minimum atomic E-state index is 0.0230. The van der Waals surface area contributed by atoms with Crippen molar-refractivity contribution in [2.75, 3.05) is 12.4 Å². The summed E-state index contributed by atoms with van der Waals surface area (Å²) in [4.78, 5) is 20.2. The average Bonchev–Trinajstić information content (AvgIpc) is 3.04. The highest BCUT2D eigenvalue weighted by Crippen LogP contribution is 2.34. The van der Waals surface area contributed by atoms with Gasteiger partial charge in [0.15, 0.2) is 0 Å². The highest BCUT2D eigenvalue weighted by molar-refractivity contribution is 7.18. The number of fused-ring (bicyclic) bond motifs is 3. The number of anilines is 2. The molecule has 1 aromatic carbocycles. The summed E-state index contributed by atoms with van der Waals surface area (Å²) in [5, 5.41) is 4.13. The highest BCUT2D eigenvalue weighted by atomic mass is 32.1. The molecular formula is C21H23N3O2S. The molecule has 0 bridgehead atoms. The fraction of sp³-hybridized carbons (Fsp3) is 0.333. The van der Waals surface area contributed by atoms with Crippen molar-refractivity contribution in [1.82, 2.24) is 9.55 Å². The Morgan fingerprint density at radius 3 is 3.04 bits per heavy atom. The number of thiophene rings is 1. The predicted octanol–water partition coefficient (Wildman–Crippen LogP) is 4.41. The van der Waals surface area contributed by atoms with E-state index in [9.17, 15) is 4.79 Å². The minimum Gasteiger partial charge on any atom is -0.380 e. The number of benzene rings is 1. The SMILES string of the molecule is C=CCn1c(Nc2cccc(COC)c2)nc2sc3c(c2c1=O)CCCC3. The molecule has 0 saturated carbocycles. The molecule has 2 aromatic heterocycles. The van der Waals surface area contributed by atoms with Crippen LogP contribution in [0.2, 0.25) is 0 Å². The van der Waals surface area contributed by atoms with Crippen LogP contribution in [0.3, 0.4) is 0 Å². The highest BCUT2D eigenvalue weighted by Gasteiger charge is 2.21. The fourth-order valence-electron chi connectivity index (χ4n) is 3.67. The zero-order valence-corrected chi connectivity index (χ0v) is 16.3. The summed E-state index contributed by atoms with van der Waals surface area (Å²) in [5.74, 6) is 0.556. The Bertz CT molecular complexity index is 1050. The van der Waals surface area contributed by atoms with Crippen LogP contribution in [0.5, 0.6) is 0 Å². The van der Waals surface area contributed by atoms with Crippen LogP contribution >= 0.6 is 11.3 Å². The Balaban J connectivity index is 1.82. The van der Waals surface area contributed by atoms with Crippen LogP contribution in [0.25, 0.3) is 10.2 Å². The summed E-state index contributed by atoms with van der Waals surface area (Å²) in [6.45, 7) is 4.77. The Kier molecular flexibility index (Phi) is 5.09. The number of hydrogen-bond donors (Lipinski definition) is 1.